The van der Waals surface area contributed by atoms with Gasteiger partial charge in [-0.15, -0.1) is 0 Å². The van der Waals surface area contributed by atoms with E-state index in [1.165, 1.54) is 0 Å². The number of likely N-dealkylation sites (tertiary alicyclic amines) is 1. The van der Waals surface area contributed by atoms with Gasteiger partial charge in [0.2, 0.25) is 5.91 Å². The molecule has 0 aromatic heterocycles. The third-order valence-corrected chi connectivity index (χ3v) is 3.93. The first-order valence-electron chi connectivity index (χ1n) is 5.75. The predicted octanol–water partition coefficient (Wildman–Crippen LogP) is -0.112. The predicted molar refractivity (Wildman–Crippen MR) is 59.4 cm³/mol. The molecule has 1 heterocycles. The molecule has 2 fully saturated rings. The number of nitrogens with zero attached hydrogens (tertiary/aromatic N) is 2. The molecule has 4 heteroatoms. The van der Waals surface area contributed by atoms with Gasteiger partial charge in [0, 0.05) is 26.2 Å². The molecular weight excluding hydrogens is 190 g/mol. The van der Waals surface area contributed by atoms with Crippen LogP contribution in [0.2, 0.25) is 0 Å². The Labute approximate surface area is 91.4 Å². The normalized spacial score (nSPS) is 29.1. The molecule has 1 saturated heterocycles. The third kappa shape index (κ3) is 1.88. The second kappa shape index (κ2) is 3.76. The van der Waals surface area contributed by atoms with Gasteiger partial charge in [-0.3, -0.25) is 4.79 Å². The number of carbonyl (C=O) groups excluding carboxylic acids is 1. The van der Waals surface area contributed by atoms with Crippen LogP contribution in [0, 0.1) is 5.41 Å². The van der Waals surface area contributed by atoms with Gasteiger partial charge in [-0.2, -0.15) is 0 Å². The largest absolute Gasteiger partial charge is 0.341 e. The van der Waals surface area contributed by atoms with Crippen molar-refractivity contribution in [2.45, 2.75) is 25.3 Å². The molecule has 1 amide bonds. The van der Waals surface area contributed by atoms with Crippen LogP contribution in [0.4, 0.5) is 0 Å². The number of nitrogens with two attached hydrogens (primary N) is 1. The summed E-state index contributed by atoms with van der Waals surface area (Å²) in [5.41, 5.74) is 5.49. The highest BCUT2D eigenvalue weighted by molar-refractivity contribution is 5.85. The van der Waals surface area contributed by atoms with Gasteiger partial charge >= 0.3 is 0 Å². The molecule has 2 N–H and O–H groups in total. The third-order valence-electron chi connectivity index (χ3n) is 3.93. The monoisotopic (exact) mass is 211 g/mol. The smallest absolute Gasteiger partial charge is 0.230 e. The number of likely N-dealkylation sites (N-methyl/N-ethyl adjacent to an activating group) is 2. The minimum absolute atomic E-state index is 0.185. The highest BCUT2D eigenvalue weighted by Crippen LogP contribution is 2.46. The lowest BCUT2D eigenvalue weighted by molar-refractivity contribution is -0.137. The molecule has 86 valence electrons. The Morgan fingerprint density at radius 2 is 2.27 bits per heavy atom. The van der Waals surface area contributed by atoms with Gasteiger partial charge in [-0.05, 0) is 32.9 Å². The molecule has 1 atom stereocenters. The van der Waals surface area contributed by atoms with Gasteiger partial charge in [0.15, 0.2) is 0 Å². The van der Waals surface area contributed by atoms with Crippen LogP contribution >= 0.6 is 0 Å². The average molecular weight is 211 g/mol. The second-order valence-corrected chi connectivity index (χ2v) is 5.11. The van der Waals surface area contributed by atoms with Crippen LogP contribution in [-0.2, 0) is 4.79 Å². The highest BCUT2D eigenvalue weighted by Gasteiger charge is 2.50. The van der Waals surface area contributed by atoms with Crippen molar-refractivity contribution >= 4 is 5.91 Å². The Hall–Kier alpha value is -0.610. The summed E-state index contributed by atoms with van der Waals surface area (Å²) < 4.78 is 0. The second-order valence-electron chi connectivity index (χ2n) is 5.11. The Morgan fingerprint density at radius 1 is 1.60 bits per heavy atom. The lowest BCUT2D eigenvalue weighted by Crippen LogP contribution is -2.44. The van der Waals surface area contributed by atoms with Gasteiger partial charge in [0.1, 0.15) is 0 Å². The number of rotatable bonds is 3. The molecule has 2 rings (SSSR count). The van der Waals surface area contributed by atoms with Crippen molar-refractivity contribution in [2.24, 2.45) is 11.1 Å². The molecule has 1 saturated carbocycles. The summed E-state index contributed by atoms with van der Waals surface area (Å²) in [4.78, 5) is 16.4. The SMILES string of the molecule is CN1CCC(N(C)C(=O)C2(CN)CC2)C1. The van der Waals surface area contributed by atoms with Crippen molar-refractivity contribution in [1.29, 1.82) is 0 Å². The molecule has 0 radical (unpaired) electrons. The van der Waals surface area contributed by atoms with Gasteiger partial charge < -0.3 is 15.5 Å². The fraction of sp³-hybridized carbons (Fsp3) is 0.909. The molecule has 0 spiro atoms. The minimum atomic E-state index is -0.185. The maximum absolute atomic E-state index is 12.2. The minimum Gasteiger partial charge on any atom is -0.341 e. The van der Waals surface area contributed by atoms with Crippen molar-refractivity contribution in [3.63, 3.8) is 0 Å². The lowest BCUT2D eigenvalue weighted by Gasteiger charge is -2.28. The molecule has 0 aromatic rings. The number of amides is 1. The van der Waals surface area contributed by atoms with Crippen LogP contribution < -0.4 is 5.73 Å². The Balaban J connectivity index is 1.96. The van der Waals surface area contributed by atoms with Gasteiger partial charge in [0.05, 0.1) is 5.41 Å². The van der Waals surface area contributed by atoms with Crippen LogP contribution in [0.1, 0.15) is 19.3 Å². The highest BCUT2D eigenvalue weighted by atomic mass is 16.2. The number of hydrogen-bond acceptors (Lipinski definition) is 3. The van der Waals surface area contributed by atoms with E-state index in [2.05, 4.69) is 11.9 Å². The standard InChI is InChI=1S/C11H21N3O/c1-13-6-3-9(7-13)14(2)10(15)11(8-12)4-5-11/h9H,3-8,12H2,1-2H3. The van der Waals surface area contributed by atoms with Crippen LogP contribution in [-0.4, -0.2) is 55.5 Å². The van der Waals surface area contributed by atoms with Crippen LogP contribution in [0.3, 0.4) is 0 Å². The maximum atomic E-state index is 12.2. The van der Waals surface area contributed by atoms with E-state index in [-0.39, 0.29) is 11.3 Å². The molecule has 1 aliphatic heterocycles. The van der Waals surface area contributed by atoms with E-state index in [0.29, 0.717) is 12.6 Å². The van der Waals surface area contributed by atoms with Crippen LogP contribution in [0.15, 0.2) is 0 Å². The topological polar surface area (TPSA) is 49.6 Å². The molecule has 15 heavy (non-hydrogen) atoms. The Morgan fingerprint density at radius 3 is 2.67 bits per heavy atom. The average Bonchev–Trinajstić information content (AvgIpc) is 2.93. The molecule has 2 aliphatic rings. The maximum Gasteiger partial charge on any atom is 0.230 e. The van der Waals surface area contributed by atoms with E-state index < -0.39 is 0 Å². The summed E-state index contributed by atoms with van der Waals surface area (Å²) in [6.07, 6.45) is 3.06. The van der Waals surface area contributed by atoms with E-state index in [9.17, 15) is 4.79 Å². The summed E-state index contributed by atoms with van der Waals surface area (Å²) in [7, 11) is 4.04. The summed E-state index contributed by atoms with van der Waals surface area (Å²) in [5, 5.41) is 0. The molecule has 1 unspecified atom stereocenters. The van der Waals surface area contributed by atoms with E-state index >= 15 is 0 Å². The van der Waals surface area contributed by atoms with Crippen molar-refractivity contribution in [1.82, 2.24) is 9.80 Å². The zero-order chi connectivity index (χ0) is 11.1. The first kappa shape index (κ1) is 10.9. The summed E-state index contributed by atoms with van der Waals surface area (Å²) in [5.74, 6) is 0.269. The summed E-state index contributed by atoms with van der Waals surface area (Å²) >= 11 is 0. The summed E-state index contributed by atoms with van der Waals surface area (Å²) in [6.45, 7) is 2.61. The zero-order valence-electron chi connectivity index (χ0n) is 9.70. The fourth-order valence-electron chi connectivity index (χ4n) is 2.42. The zero-order valence-corrected chi connectivity index (χ0v) is 9.70. The molecule has 0 bridgehead atoms. The quantitative estimate of drug-likeness (QED) is 0.708. The summed E-state index contributed by atoms with van der Waals surface area (Å²) in [6, 6.07) is 0.395. The first-order valence-corrected chi connectivity index (χ1v) is 5.75. The van der Waals surface area contributed by atoms with Crippen molar-refractivity contribution in [3.8, 4) is 0 Å². The Bertz CT molecular complexity index is 263. The molecule has 0 aromatic carbocycles. The molecule has 1 aliphatic carbocycles. The van der Waals surface area contributed by atoms with E-state index in [4.69, 9.17) is 5.73 Å². The fourth-order valence-corrected chi connectivity index (χ4v) is 2.42. The van der Waals surface area contributed by atoms with Crippen molar-refractivity contribution < 1.29 is 4.79 Å². The van der Waals surface area contributed by atoms with Gasteiger partial charge in [-0.25, -0.2) is 0 Å². The number of carbonyl (C=O) groups is 1. The van der Waals surface area contributed by atoms with Crippen LogP contribution in [0.25, 0.3) is 0 Å². The van der Waals surface area contributed by atoms with Gasteiger partial charge in [0.25, 0.3) is 0 Å². The van der Waals surface area contributed by atoms with E-state index in [1.54, 1.807) is 0 Å². The molecule has 4 nitrogen and oxygen atoms in total. The van der Waals surface area contributed by atoms with Gasteiger partial charge in [-0.1, -0.05) is 0 Å². The van der Waals surface area contributed by atoms with E-state index in [1.807, 2.05) is 11.9 Å². The number of hydrogen-bond donors (Lipinski definition) is 1. The van der Waals surface area contributed by atoms with Crippen LogP contribution in [0.5, 0.6) is 0 Å². The lowest BCUT2D eigenvalue weighted by atomic mass is 10.0. The van der Waals surface area contributed by atoms with Crippen molar-refractivity contribution in [2.75, 3.05) is 33.7 Å². The van der Waals surface area contributed by atoms with E-state index in [0.717, 1.165) is 32.4 Å². The Kier molecular flexibility index (Phi) is 2.73. The molecular formula is C11H21N3O. The van der Waals surface area contributed by atoms with Crippen molar-refractivity contribution in [3.05, 3.63) is 0 Å². The first-order chi connectivity index (χ1) is 7.09.